The summed E-state index contributed by atoms with van der Waals surface area (Å²) in [6.07, 6.45) is 8.18. The number of hydrogen-bond donors (Lipinski definition) is 3. The molecule has 0 bridgehead atoms. The van der Waals surface area contributed by atoms with Crippen molar-refractivity contribution in [3.8, 4) is 23.0 Å². The van der Waals surface area contributed by atoms with Gasteiger partial charge in [0.15, 0.2) is 58.5 Å². The second-order valence-electron chi connectivity index (χ2n) is 20.6. The van der Waals surface area contributed by atoms with E-state index in [0.717, 1.165) is 57.8 Å². The van der Waals surface area contributed by atoms with Gasteiger partial charge in [-0.25, -0.2) is 41.2 Å². The number of H-pyrrole nitrogens is 2. The monoisotopic (exact) mass is 1510 g/mol. The van der Waals surface area contributed by atoms with E-state index in [4.69, 9.17) is 87.0 Å². The fourth-order valence-corrected chi connectivity index (χ4v) is 16.5. The van der Waals surface area contributed by atoms with Gasteiger partial charge in [-0.05, 0) is 115 Å². The van der Waals surface area contributed by atoms with E-state index in [0.29, 0.717) is 64.9 Å². The van der Waals surface area contributed by atoms with Crippen molar-refractivity contribution < 1.29 is 154 Å². The van der Waals surface area contributed by atoms with Crippen molar-refractivity contribution in [1.29, 1.82) is 0 Å². The molecule has 6 aromatic rings. The number of primary amides is 1. The van der Waals surface area contributed by atoms with Gasteiger partial charge in [0, 0.05) is 59.9 Å². The molecular formula is C58H59Cl4F4KN8O16S4. The molecule has 4 atom stereocenters. The Bertz CT molecular complexity index is 3880. The van der Waals surface area contributed by atoms with Crippen molar-refractivity contribution in [3.63, 3.8) is 0 Å². The third-order valence-electron chi connectivity index (χ3n) is 14.0. The first-order valence-corrected chi connectivity index (χ1v) is 34.2. The van der Waals surface area contributed by atoms with Crippen molar-refractivity contribution in [2.24, 2.45) is 17.6 Å². The number of nitrogens with zero attached hydrogens (tertiary/aromatic N) is 3. The topological polar surface area (TPSA) is 373 Å². The number of anilines is 2. The van der Waals surface area contributed by atoms with Crippen LogP contribution in [0.2, 0.25) is 20.1 Å². The minimum absolute atomic E-state index is 0. The summed E-state index contributed by atoms with van der Waals surface area (Å²) >= 11 is 27.8. The smallest absolute Gasteiger partial charge is 0.870 e. The Balaban J connectivity index is 0.000000321. The van der Waals surface area contributed by atoms with Gasteiger partial charge in [-0.15, -0.1) is 23.5 Å². The average Bonchev–Trinajstić information content (AvgIpc) is 1.76. The van der Waals surface area contributed by atoms with Crippen molar-refractivity contribution in [2.75, 3.05) is 48.9 Å². The molecule has 24 nitrogen and oxygen atoms in total. The largest absolute Gasteiger partial charge is 1.00 e. The van der Waals surface area contributed by atoms with E-state index in [1.165, 1.54) is 104 Å². The van der Waals surface area contributed by atoms with E-state index in [2.05, 4.69) is 24.8 Å². The number of nitrogen functional groups attached to an aromatic ring is 1. The minimum Gasteiger partial charge on any atom is -0.870 e. The number of rotatable bonds is 25. The first-order chi connectivity index (χ1) is 43.9. The van der Waals surface area contributed by atoms with Crippen LogP contribution >= 0.6 is 69.9 Å². The fourth-order valence-electron chi connectivity index (χ4n) is 9.21. The number of nitrogens with two attached hydrogens (primary N) is 2. The Morgan fingerprint density at radius 3 is 1.39 bits per heavy atom. The normalized spacial score (nSPS) is 16.7. The van der Waals surface area contributed by atoms with Crippen LogP contribution in [0.3, 0.4) is 0 Å². The second kappa shape index (κ2) is 37.1. The second-order valence-corrected chi connectivity index (χ2v) is 28.3. The number of ether oxygens (including phenoxy) is 6. The summed E-state index contributed by atoms with van der Waals surface area (Å²) in [4.78, 5) is 52.4. The van der Waals surface area contributed by atoms with E-state index in [1.54, 1.807) is 6.07 Å². The molecule has 2 aromatic heterocycles. The number of esters is 2. The van der Waals surface area contributed by atoms with Crippen LogP contribution in [0, 0.1) is 11.8 Å². The summed E-state index contributed by atoms with van der Waals surface area (Å²) in [7, 11) is -8.32. The number of amides is 2. The Morgan fingerprint density at radius 2 is 1.02 bits per heavy atom. The molecule has 4 fully saturated rings. The quantitative estimate of drug-likeness (QED) is 0.0127. The van der Waals surface area contributed by atoms with Crippen LogP contribution in [0.15, 0.2) is 120 Å². The van der Waals surface area contributed by atoms with E-state index >= 15 is 0 Å². The summed E-state index contributed by atoms with van der Waals surface area (Å²) in [5, 5.41) is 7.70. The van der Waals surface area contributed by atoms with Crippen LogP contribution in [0.25, 0.3) is 5.41 Å². The van der Waals surface area contributed by atoms with Crippen LogP contribution in [-0.4, -0.2) is 122 Å². The predicted octanol–water partition coefficient (Wildman–Crippen LogP) is 7.19. The number of carbonyl (C=O) groups is 3. The van der Waals surface area contributed by atoms with Crippen LogP contribution in [-0.2, 0) is 56.7 Å². The molecule has 4 aliphatic rings. The number of thioether (sulfide) groups is 2. The van der Waals surface area contributed by atoms with E-state index in [-0.39, 0.29) is 153 Å². The number of benzene rings is 4. The van der Waals surface area contributed by atoms with Crippen LogP contribution < -0.4 is 97.1 Å². The third-order valence-corrected chi connectivity index (χ3v) is 21.7. The molecule has 10 rings (SSSR count). The van der Waals surface area contributed by atoms with Gasteiger partial charge >= 0.3 is 82.6 Å². The number of pyridine rings is 2. The Kier molecular flexibility index (Phi) is 31.4. The molecule has 37 heteroatoms. The maximum Gasteiger partial charge on any atom is 1.00 e. The van der Waals surface area contributed by atoms with Gasteiger partial charge in [0.1, 0.15) is 32.3 Å². The number of sulfonamides is 2. The van der Waals surface area contributed by atoms with Gasteiger partial charge in [-0.2, -0.15) is 26.2 Å². The van der Waals surface area contributed by atoms with Gasteiger partial charge in [0.05, 0.1) is 23.0 Å². The van der Waals surface area contributed by atoms with Gasteiger partial charge in [0.2, 0.25) is 20.0 Å². The number of aromatic amines is 2. The molecule has 508 valence electrons. The van der Waals surface area contributed by atoms with Gasteiger partial charge in [0.25, 0.3) is 0 Å². The minimum atomic E-state index is -4.23. The third kappa shape index (κ3) is 22.4. The standard InChI is InChI=1S/C29H28Cl2F2N4O7S2.C28H27Cl2F2N3O6S2.CNO.K.2H2O/c30-21-13-35-14-22(31)20(21)12-24(17-6-7-23(44-28(32)33)25(10-17)42-15-16-4-5-16)43-27(38)26-37(8-9-45-26)46(40,41)19-3-1-2-18(11-19)36-29(34)39;29-21-13-34-14-22(30)20(21)12-24(17-6-7-23(41-28(31)32)25(10-17)39-15-16-4-5-16)40-27(36)26-35(8-9-42-26)43(37,38)19-3-1-2-18(33)11-19;2-1-3;;;/h1-3,6-7,10-11,13-14,16,24,26,28H,4-5,8-9,12,15H2,(H3,34,36,39);1-3,6-7,10-11,13-14,16,24,26,28H,4-5,8-9,12,15,33H2;;;2*1H2/q;;-1;+1;;/t2*24-,26-;;;;/m00..../s1. The summed E-state index contributed by atoms with van der Waals surface area (Å²) in [6.45, 7) is -5.47. The first-order valence-electron chi connectivity index (χ1n) is 27.7. The predicted molar refractivity (Wildman–Crippen MR) is 337 cm³/mol. The van der Waals surface area contributed by atoms with Crippen molar-refractivity contribution in [3.05, 3.63) is 157 Å². The Morgan fingerprint density at radius 1 is 0.632 bits per heavy atom. The van der Waals surface area contributed by atoms with Crippen molar-refractivity contribution >= 4 is 125 Å². The average molecular weight is 1510 g/mol. The first kappa shape index (κ1) is 80.4. The summed E-state index contributed by atoms with van der Waals surface area (Å²) in [6, 6.07) is 18.8. The van der Waals surface area contributed by atoms with E-state index < -0.39 is 74.2 Å². The summed E-state index contributed by atoms with van der Waals surface area (Å²) in [5.74, 6) is -0.665. The molecule has 0 spiro atoms. The molecule has 4 heterocycles. The zero-order valence-corrected chi connectivity index (χ0v) is 59.2. The van der Waals surface area contributed by atoms with E-state index in [9.17, 15) is 48.8 Å². The number of urea groups is 1. The molecular weight excluding hydrogens is 1450 g/mol. The molecule has 2 aliphatic carbocycles. The number of hydrogen-bond acceptors (Lipinski definition) is 19. The zero-order chi connectivity index (χ0) is 66.4. The molecule has 2 saturated heterocycles. The van der Waals surface area contributed by atoms with Gasteiger partial charge in [-0.1, -0.05) is 70.7 Å². The van der Waals surface area contributed by atoms with E-state index in [1.807, 2.05) is 0 Å². The molecule has 2 saturated carbocycles. The van der Waals surface area contributed by atoms with Crippen molar-refractivity contribution in [2.45, 2.75) is 84.5 Å². The summed E-state index contributed by atoms with van der Waals surface area (Å²) in [5.41, 5.74) is 13.0. The van der Waals surface area contributed by atoms with Crippen LogP contribution in [0.4, 0.5) is 33.7 Å². The number of halogens is 8. The molecule has 2 amide bonds. The molecule has 4 aromatic carbocycles. The molecule has 0 radical (unpaired) electrons. The SMILES string of the molecule is NC(=O)Nc1cccc(S(=O)(=O)N2CCS[C@H]2C(=O)O[C@@H](Cc2c(Cl)c[nH+]cc2Cl)c2ccc(OC(F)F)c(OCC3CC3)c2)c1.Nc1cccc(S(=O)(=O)N2CCS[C@H]2C(=O)O[C@@H](Cc2c(Cl)c[nH+]cc2Cl)c2ccc(OC(F)F)c(OCC3CC3)c2)c1.[K+].[N-]=C=O.[OH-].[OH-]. The van der Waals surface area contributed by atoms with Gasteiger partial charge in [-0.3, -0.25) is 4.79 Å². The number of nitrogens with one attached hydrogen (secondary N) is 3. The molecule has 95 heavy (non-hydrogen) atoms. The maximum absolute atomic E-state index is 13.8. The Labute approximate surface area is 613 Å². The Hall–Kier alpha value is -5.27. The maximum atomic E-state index is 13.8. The summed E-state index contributed by atoms with van der Waals surface area (Å²) < 4.78 is 142. The molecule has 9 N–H and O–H groups in total. The number of alkyl halides is 4. The zero-order valence-electron chi connectivity index (χ0n) is 49.8. The van der Waals surface area contributed by atoms with Gasteiger partial charge < -0.3 is 61.6 Å². The molecule has 0 unspecified atom stereocenters. The molecule has 2 aliphatic heterocycles. The van der Waals surface area contributed by atoms with Crippen molar-refractivity contribution in [1.82, 2.24) is 8.61 Å². The number of aromatic nitrogens is 2. The fraction of sp³-hybridized carbons (Fsp3) is 0.345. The number of isocyanates is 1. The van der Waals surface area contributed by atoms with Crippen LogP contribution in [0.1, 0.15) is 60.1 Å². The van der Waals surface area contributed by atoms with Crippen LogP contribution in [0.5, 0.6) is 23.0 Å². The number of carbonyl (C=O) groups excluding carboxylic acids is 4.